The van der Waals surface area contributed by atoms with Crippen LogP contribution in [0, 0.1) is 0 Å². The van der Waals surface area contributed by atoms with Crippen LogP contribution in [0.5, 0.6) is 0 Å². The molecule has 5 nitrogen and oxygen atoms in total. The van der Waals surface area contributed by atoms with Gasteiger partial charge < -0.3 is 10.4 Å². The third-order valence-electron chi connectivity index (χ3n) is 2.56. The van der Waals surface area contributed by atoms with Crippen LogP contribution in [0.25, 0.3) is 0 Å². The Morgan fingerprint density at radius 1 is 1.62 bits per heavy atom. The first-order valence-corrected chi connectivity index (χ1v) is 5.50. The van der Waals surface area contributed by atoms with Crippen molar-refractivity contribution in [3.8, 4) is 0 Å². The summed E-state index contributed by atoms with van der Waals surface area (Å²) in [6.45, 7) is 4.45. The van der Waals surface area contributed by atoms with Gasteiger partial charge in [-0.05, 0) is 19.4 Å². The standard InChI is InChI=1S/C11H19N3O2/c1-3-11(2,16)9-12-10(15)5-8-14-7-4-6-13-14/h4,6-7,16H,3,5,8-9H2,1-2H3,(H,12,15). The first kappa shape index (κ1) is 12.7. The molecule has 16 heavy (non-hydrogen) atoms. The van der Waals surface area contributed by atoms with Crippen LogP contribution in [0.3, 0.4) is 0 Å². The number of aliphatic hydroxyl groups is 1. The second-order valence-corrected chi connectivity index (χ2v) is 4.15. The van der Waals surface area contributed by atoms with Gasteiger partial charge in [-0.1, -0.05) is 6.92 Å². The van der Waals surface area contributed by atoms with Crippen molar-refractivity contribution in [2.75, 3.05) is 6.54 Å². The molecule has 0 aliphatic carbocycles. The van der Waals surface area contributed by atoms with E-state index in [0.717, 1.165) is 0 Å². The molecule has 0 aromatic carbocycles. The van der Waals surface area contributed by atoms with Crippen molar-refractivity contribution in [1.29, 1.82) is 0 Å². The van der Waals surface area contributed by atoms with Crippen molar-refractivity contribution in [2.45, 2.75) is 38.8 Å². The molecule has 1 atom stereocenters. The van der Waals surface area contributed by atoms with E-state index in [2.05, 4.69) is 10.4 Å². The fourth-order valence-electron chi connectivity index (χ4n) is 1.15. The number of hydrogen-bond donors (Lipinski definition) is 2. The number of hydrogen-bond acceptors (Lipinski definition) is 3. The van der Waals surface area contributed by atoms with Gasteiger partial charge in [0.1, 0.15) is 0 Å². The quantitative estimate of drug-likeness (QED) is 0.743. The van der Waals surface area contributed by atoms with Gasteiger partial charge >= 0.3 is 0 Å². The predicted molar refractivity (Wildman–Crippen MR) is 60.8 cm³/mol. The van der Waals surface area contributed by atoms with Crippen LogP contribution in [0.4, 0.5) is 0 Å². The zero-order chi connectivity index (χ0) is 12.0. The summed E-state index contributed by atoms with van der Waals surface area (Å²) in [5, 5.41) is 16.4. The molecule has 0 bridgehead atoms. The lowest BCUT2D eigenvalue weighted by Crippen LogP contribution is -2.40. The highest BCUT2D eigenvalue weighted by molar-refractivity contribution is 5.75. The topological polar surface area (TPSA) is 67.2 Å². The Morgan fingerprint density at radius 2 is 2.38 bits per heavy atom. The number of rotatable bonds is 6. The largest absolute Gasteiger partial charge is 0.388 e. The zero-order valence-electron chi connectivity index (χ0n) is 9.81. The summed E-state index contributed by atoms with van der Waals surface area (Å²) in [6, 6.07) is 1.82. The molecule has 1 unspecified atom stereocenters. The van der Waals surface area contributed by atoms with E-state index >= 15 is 0 Å². The van der Waals surface area contributed by atoms with E-state index < -0.39 is 5.60 Å². The lowest BCUT2D eigenvalue weighted by molar-refractivity contribution is -0.122. The third-order valence-corrected chi connectivity index (χ3v) is 2.56. The number of carbonyl (C=O) groups excluding carboxylic acids is 1. The third kappa shape index (κ3) is 4.44. The maximum Gasteiger partial charge on any atom is 0.221 e. The van der Waals surface area contributed by atoms with Gasteiger partial charge in [0.25, 0.3) is 0 Å². The van der Waals surface area contributed by atoms with Gasteiger partial charge in [-0.15, -0.1) is 0 Å². The SMILES string of the molecule is CCC(C)(O)CNC(=O)CCn1cccn1. The van der Waals surface area contributed by atoms with Gasteiger partial charge in [0.2, 0.25) is 5.91 Å². The Morgan fingerprint density at radius 3 is 2.94 bits per heavy atom. The molecule has 1 heterocycles. The van der Waals surface area contributed by atoms with E-state index in [4.69, 9.17) is 0 Å². The second-order valence-electron chi connectivity index (χ2n) is 4.15. The molecule has 1 aromatic heterocycles. The van der Waals surface area contributed by atoms with Crippen LogP contribution < -0.4 is 5.32 Å². The Bertz CT molecular complexity index is 320. The Hall–Kier alpha value is -1.36. The lowest BCUT2D eigenvalue weighted by Gasteiger charge is -2.21. The molecule has 0 aliphatic rings. The summed E-state index contributed by atoms with van der Waals surface area (Å²) in [5.41, 5.74) is -0.818. The molecule has 1 aromatic rings. The fourth-order valence-corrected chi connectivity index (χ4v) is 1.15. The number of aromatic nitrogens is 2. The van der Waals surface area contributed by atoms with Gasteiger partial charge in [-0.3, -0.25) is 9.48 Å². The molecule has 5 heteroatoms. The van der Waals surface area contributed by atoms with Crippen LogP contribution in [0.1, 0.15) is 26.7 Å². The molecule has 0 fully saturated rings. The van der Waals surface area contributed by atoms with Crippen molar-refractivity contribution in [2.24, 2.45) is 0 Å². The average molecular weight is 225 g/mol. The molecule has 0 saturated heterocycles. The molecule has 2 N–H and O–H groups in total. The molecule has 0 aliphatic heterocycles. The minimum Gasteiger partial charge on any atom is -0.388 e. The van der Waals surface area contributed by atoms with Gasteiger partial charge in [0.15, 0.2) is 0 Å². The van der Waals surface area contributed by atoms with Crippen molar-refractivity contribution in [3.63, 3.8) is 0 Å². The van der Waals surface area contributed by atoms with Crippen LogP contribution in [0.15, 0.2) is 18.5 Å². The Labute approximate surface area is 95.5 Å². The second kappa shape index (κ2) is 5.65. The molecule has 90 valence electrons. The summed E-state index contributed by atoms with van der Waals surface area (Å²) < 4.78 is 1.71. The van der Waals surface area contributed by atoms with Crippen molar-refractivity contribution in [1.82, 2.24) is 15.1 Å². The molecule has 1 amide bonds. The van der Waals surface area contributed by atoms with Gasteiger partial charge in [-0.2, -0.15) is 5.10 Å². The minimum atomic E-state index is -0.818. The fraction of sp³-hybridized carbons (Fsp3) is 0.636. The van der Waals surface area contributed by atoms with Gasteiger partial charge in [-0.25, -0.2) is 0 Å². The van der Waals surface area contributed by atoms with Crippen molar-refractivity contribution >= 4 is 5.91 Å². The molecule has 1 rings (SSSR count). The van der Waals surface area contributed by atoms with Gasteiger partial charge in [0, 0.05) is 31.9 Å². The Balaban J connectivity index is 2.21. The normalized spacial score (nSPS) is 14.4. The molecule has 0 radical (unpaired) electrons. The lowest BCUT2D eigenvalue weighted by atomic mass is 10.0. The molecular weight excluding hydrogens is 206 g/mol. The summed E-state index contributed by atoms with van der Waals surface area (Å²) in [5.74, 6) is -0.0655. The predicted octanol–water partition coefficient (Wildman–Crippen LogP) is 0.550. The highest BCUT2D eigenvalue weighted by atomic mass is 16.3. The number of nitrogens with zero attached hydrogens (tertiary/aromatic N) is 2. The average Bonchev–Trinajstić information content (AvgIpc) is 2.76. The first-order valence-electron chi connectivity index (χ1n) is 5.50. The van der Waals surface area contributed by atoms with E-state index in [0.29, 0.717) is 25.9 Å². The highest BCUT2D eigenvalue weighted by Gasteiger charge is 2.17. The van der Waals surface area contributed by atoms with Crippen molar-refractivity contribution in [3.05, 3.63) is 18.5 Å². The summed E-state index contributed by atoms with van der Waals surface area (Å²) in [6.07, 6.45) is 4.49. The zero-order valence-corrected chi connectivity index (χ0v) is 9.81. The van der Waals surface area contributed by atoms with Gasteiger partial charge in [0.05, 0.1) is 5.60 Å². The van der Waals surface area contributed by atoms with Crippen molar-refractivity contribution < 1.29 is 9.90 Å². The molecular formula is C11H19N3O2. The smallest absolute Gasteiger partial charge is 0.221 e. The summed E-state index contributed by atoms with van der Waals surface area (Å²) >= 11 is 0. The molecule has 0 spiro atoms. The highest BCUT2D eigenvalue weighted by Crippen LogP contribution is 2.05. The summed E-state index contributed by atoms with van der Waals surface area (Å²) in [7, 11) is 0. The first-order chi connectivity index (χ1) is 7.53. The number of nitrogens with one attached hydrogen (secondary N) is 1. The van der Waals surface area contributed by atoms with Crippen LogP contribution >= 0.6 is 0 Å². The van der Waals surface area contributed by atoms with E-state index in [9.17, 15) is 9.90 Å². The van der Waals surface area contributed by atoms with E-state index in [1.165, 1.54) is 0 Å². The minimum absolute atomic E-state index is 0.0655. The van der Waals surface area contributed by atoms with Crippen LogP contribution in [-0.2, 0) is 11.3 Å². The Kier molecular flexibility index (Phi) is 4.49. The van der Waals surface area contributed by atoms with Crippen LogP contribution in [0.2, 0.25) is 0 Å². The summed E-state index contributed by atoms with van der Waals surface area (Å²) in [4.78, 5) is 11.4. The number of carbonyl (C=O) groups is 1. The van der Waals surface area contributed by atoms with E-state index in [-0.39, 0.29) is 5.91 Å². The van der Waals surface area contributed by atoms with Crippen LogP contribution in [-0.4, -0.2) is 32.9 Å². The van der Waals surface area contributed by atoms with E-state index in [1.54, 1.807) is 17.8 Å². The monoisotopic (exact) mass is 225 g/mol. The number of amides is 1. The van der Waals surface area contributed by atoms with E-state index in [1.807, 2.05) is 19.2 Å². The maximum atomic E-state index is 11.4. The number of aryl methyl sites for hydroxylation is 1. The molecule has 0 saturated carbocycles. The maximum absolute atomic E-state index is 11.4.